The minimum atomic E-state index is -3.90. The minimum absolute atomic E-state index is 0.112. The van der Waals surface area contributed by atoms with Crippen molar-refractivity contribution in [1.29, 1.82) is 0 Å². The average molecular weight is 216 g/mol. The second kappa shape index (κ2) is 3.70. The molecule has 0 saturated carbocycles. The molecular formula is C6H8N4O3S. The molecule has 5 N–H and O–H groups in total. The van der Waals surface area contributed by atoms with Crippen molar-refractivity contribution < 1.29 is 13.2 Å². The van der Waals surface area contributed by atoms with Gasteiger partial charge in [-0.1, -0.05) is 6.07 Å². The number of nitrogens with zero attached hydrogens (tertiary/aromatic N) is 1. The molecule has 0 unspecified atom stereocenters. The van der Waals surface area contributed by atoms with Crippen molar-refractivity contribution in [3.05, 3.63) is 23.9 Å². The van der Waals surface area contributed by atoms with E-state index in [1.165, 1.54) is 18.2 Å². The predicted molar refractivity (Wildman–Crippen MR) is 47.3 cm³/mol. The molecule has 0 aliphatic heterocycles. The molecule has 1 amide bonds. The summed E-state index contributed by atoms with van der Waals surface area (Å²) in [6.07, 6.45) is 0. The molecule has 0 aliphatic rings. The van der Waals surface area contributed by atoms with Crippen molar-refractivity contribution in [1.82, 2.24) is 10.4 Å². The molecule has 0 fully saturated rings. The molecule has 1 aromatic heterocycles. The van der Waals surface area contributed by atoms with E-state index in [0.717, 1.165) is 0 Å². The zero-order valence-corrected chi connectivity index (χ0v) is 7.78. The molecular weight excluding hydrogens is 208 g/mol. The lowest BCUT2D eigenvalue weighted by Crippen LogP contribution is -2.31. The Kier molecular flexibility index (Phi) is 2.79. The highest BCUT2D eigenvalue weighted by Gasteiger charge is 2.12. The van der Waals surface area contributed by atoms with E-state index in [1.54, 1.807) is 0 Å². The first-order chi connectivity index (χ1) is 6.45. The molecule has 1 heterocycles. The Hall–Kier alpha value is -1.51. The number of hydrazine groups is 1. The van der Waals surface area contributed by atoms with Gasteiger partial charge in [0.25, 0.3) is 15.9 Å². The van der Waals surface area contributed by atoms with Crippen LogP contribution in [0.2, 0.25) is 0 Å². The summed E-state index contributed by atoms with van der Waals surface area (Å²) in [7, 11) is -3.90. The molecule has 7 nitrogen and oxygen atoms in total. The highest BCUT2D eigenvalue weighted by Crippen LogP contribution is 2.03. The standard InChI is InChI=1S/C6H8N4O3S/c7-10-6(11)4-2-1-3-5(9-4)14(8,12)13/h1-3H,7H2,(H,10,11)(H2,8,12,13). The number of rotatable bonds is 2. The summed E-state index contributed by atoms with van der Waals surface area (Å²) in [6, 6.07) is 3.84. The number of aromatic nitrogens is 1. The maximum Gasteiger partial charge on any atom is 0.283 e. The maximum atomic E-state index is 11.0. The summed E-state index contributed by atoms with van der Waals surface area (Å²) in [6.45, 7) is 0. The molecule has 0 aliphatic carbocycles. The Morgan fingerprint density at radius 2 is 2.07 bits per heavy atom. The number of nitrogens with one attached hydrogen (secondary N) is 1. The average Bonchev–Trinajstić information content (AvgIpc) is 2.15. The van der Waals surface area contributed by atoms with Crippen LogP contribution in [0.15, 0.2) is 23.2 Å². The molecule has 8 heteroatoms. The Bertz CT molecular complexity index is 456. The second-order valence-electron chi connectivity index (χ2n) is 2.38. The van der Waals surface area contributed by atoms with Gasteiger partial charge in [0.05, 0.1) is 0 Å². The molecule has 0 bridgehead atoms. The zero-order valence-electron chi connectivity index (χ0n) is 6.97. The molecule has 0 saturated heterocycles. The maximum absolute atomic E-state index is 11.0. The number of primary sulfonamides is 1. The smallest absolute Gasteiger partial charge is 0.283 e. The fourth-order valence-corrected chi connectivity index (χ4v) is 1.27. The fourth-order valence-electron chi connectivity index (χ4n) is 0.774. The number of carbonyl (C=O) groups is 1. The molecule has 0 spiro atoms. The summed E-state index contributed by atoms with van der Waals surface area (Å²) in [5.74, 6) is 4.16. The number of carbonyl (C=O) groups excluding carboxylic acids is 1. The van der Waals surface area contributed by atoms with E-state index in [9.17, 15) is 13.2 Å². The topological polar surface area (TPSA) is 128 Å². The van der Waals surface area contributed by atoms with Gasteiger partial charge in [0.15, 0.2) is 5.03 Å². The quantitative estimate of drug-likeness (QED) is 0.309. The van der Waals surface area contributed by atoms with Crippen molar-refractivity contribution in [3.63, 3.8) is 0 Å². The molecule has 0 radical (unpaired) electrons. The summed E-state index contributed by atoms with van der Waals surface area (Å²) in [5.41, 5.74) is 1.71. The van der Waals surface area contributed by atoms with E-state index in [0.29, 0.717) is 0 Å². The molecule has 1 rings (SSSR count). The van der Waals surface area contributed by atoms with Crippen molar-refractivity contribution in [2.24, 2.45) is 11.0 Å². The van der Waals surface area contributed by atoms with E-state index in [1.807, 2.05) is 5.43 Å². The van der Waals surface area contributed by atoms with E-state index in [2.05, 4.69) is 4.98 Å². The normalized spacial score (nSPS) is 11.0. The van der Waals surface area contributed by atoms with Crippen LogP contribution < -0.4 is 16.4 Å². The summed E-state index contributed by atoms with van der Waals surface area (Å²) in [5, 5.41) is 4.44. The van der Waals surface area contributed by atoms with Crippen LogP contribution in [-0.2, 0) is 10.0 Å². The first-order valence-electron chi connectivity index (χ1n) is 3.46. The van der Waals surface area contributed by atoms with Crippen LogP contribution in [0.1, 0.15) is 10.5 Å². The van der Waals surface area contributed by atoms with E-state index < -0.39 is 15.9 Å². The van der Waals surface area contributed by atoms with Crippen LogP contribution >= 0.6 is 0 Å². The van der Waals surface area contributed by atoms with E-state index in [-0.39, 0.29) is 10.7 Å². The molecule has 1 aromatic rings. The van der Waals surface area contributed by atoms with Gasteiger partial charge in [-0.15, -0.1) is 0 Å². The molecule has 0 aromatic carbocycles. The van der Waals surface area contributed by atoms with Crippen molar-refractivity contribution in [2.45, 2.75) is 5.03 Å². The van der Waals surface area contributed by atoms with Crippen LogP contribution in [0.3, 0.4) is 0 Å². The van der Waals surface area contributed by atoms with Crippen LogP contribution in [0.4, 0.5) is 0 Å². The van der Waals surface area contributed by atoms with Crippen molar-refractivity contribution in [2.75, 3.05) is 0 Å². The third-order valence-electron chi connectivity index (χ3n) is 1.38. The highest BCUT2D eigenvalue weighted by atomic mass is 32.2. The number of nitrogens with two attached hydrogens (primary N) is 2. The summed E-state index contributed by atoms with van der Waals surface area (Å²) < 4.78 is 21.7. The van der Waals surface area contributed by atoms with E-state index >= 15 is 0 Å². The highest BCUT2D eigenvalue weighted by molar-refractivity contribution is 7.89. The van der Waals surface area contributed by atoms with Gasteiger partial charge in [-0.25, -0.2) is 24.4 Å². The van der Waals surface area contributed by atoms with Crippen LogP contribution in [-0.4, -0.2) is 19.3 Å². The van der Waals surface area contributed by atoms with Gasteiger partial charge < -0.3 is 0 Å². The second-order valence-corrected chi connectivity index (χ2v) is 3.89. The van der Waals surface area contributed by atoms with Gasteiger partial charge in [-0.05, 0) is 12.1 Å². The Labute approximate surface area is 80.1 Å². The third kappa shape index (κ3) is 2.25. The van der Waals surface area contributed by atoms with Gasteiger partial charge in [0, 0.05) is 0 Å². The van der Waals surface area contributed by atoms with Crippen LogP contribution in [0, 0.1) is 0 Å². The lowest BCUT2D eigenvalue weighted by atomic mass is 10.3. The van der Waals surface area contributed by atoms with Crippen LogP contribution in [0.5, 0.6) is 0 Å². The largest absolute Gasteiger partial charge is 0.289 e. The Balaban J connectivity index is 3.21. The Morgan fingerprint density at radius 3 is 2.57 bits per heavy atom. The number of sulfonamides is 1. The summed E-state index contributed by atoms with van der Waals surface area (Å²) in [4.78, 5) is 14.5. The van der Waals surface area contributed by atoms with E-state index in [4.69, 9.17) is 11.0 Å². The zero-order chi connectivity index (χ0) is 10.8. The molecule has 0 atom stereocenters. The third-order valence-corrected chi connectivity index (χ3v) is 2.19. The molecule has 76 valence electrons. The van der Waals surface area contributed by atoms with Crippen molar-refractivity contribution >= 4 is 15.9 Å². The minimum Gasteiger partial charge on any atom is -0.289 e. The lowest BCUT2D eigenvalue weighted by molar-refractivity contribution is 0.0948. The SMILES string of the molecule is NNC(=O)c1cccc(S(N)(=O)=O)n1. The first kappa shape index (κ1) is 10.6. The number of nitrogen functional groups attached to an aromatic ring is 1. The molecule has 14 heavy (non-hydrogen) atoms. The van der Waals surface area contributed by atoms with Gasteiger partial charge in [0.1, 0.15) is 5.69 Å². The lowest BCUT2D eigenvalue weighted by Gasteiger charge is -2.00. The first-order valence-corrected chi connectivity index (χ1v) is 5.00. The van der Waals surface area contributed by atoms with Gasteiger partial charge in [-0.3, -0.25) is 10.2 Å². The van der Waals surface area contributed by atoms with Gasteiger partial charge >= 0.3 is 0 Å². The number of hydrogen-bond acceptors (Lipinski definition) is 5. The van der Waals surface area contributed by atoms with Crippen LogP contribution in [0.25, 0.3) is 0 Å². The fraction of sp³-hybridized carbons (Fsp3) is 0. The Morgan fingerprint density at radius 1 is 1.43 bits per heavy atom. The number of hydrogen-bond donors (Lipinski definition) is 3. The predicted octanol–water partition coefficient (Wildman–Crippen LogP) is -1.67. The van der Waals surface area contributed by atoms with Crippen molar-refractivity contribution in [3.8, 4) is 0 Å². The monoisotopic (exact) mass is 216 g/mol. The summed E-state index contributed by atoms with van der Waals surface area (Å²) >= 11 is 0. The van der Waals surface area contributed by atoms with Gasteiger partial charge in [0.2, 0.25) is 0 Å². The van der Waals surface area contributed by atoms with Gasteiger partial charge in [-0.2, -0.15) is 0 Å². The number of pyridine rings is 1. The number of amides is 1.